The van der Waals surface area contributed by atoms with Crippen molar-refractivity contribution in [2.24, 2.45) is 0 Å². The van der Waals surface area contributed by atoms with Crippen LogP contribution in [-0.2, 0) is 4.79 Å². The lowest BCUT2D eigenvalue weighted by molar-refractivity contribution is -0.113. The van der Waals surface area contributed by atoms with Crippen molar-refractivity contribution in [3.8, 4) is 0 Å². The maximum atomic E-state index is 12.9. The predicted molar refractivity (Wildman–Crippen MR) is 96.1 cm³/mol. The van der Waals surface area contributed by atoms with Crippen LogP contribution < -0.4 is 0 Å². The lowest BCUT2D eigenvalue weighted by Crippen LogP contribution is -2.41. The van der Waals surface area contributed by atoms with Gasteiger partial charge >= 0.3 is 0 Å². The van der Waals surface area contributed by atoms with E-state index in [-0.39, 0.29) is 5.78 Å². The Morgan fingerprint density at radius 1 is 1.04 bits per heavy atom. The van der Waals surface area contributed by atoms with Crippen molar-refractivity contribution >= 4 is 17.9 Å². The smallest absolute Gasteiger partial charge is 0.187 e. The van der Waals surface area contributed by atoms with Crippen molar-refractivity contribution in [3.63, 3.8) is 0 Å². The third-order valence-electron chi connectivity index (χ3n) is 4.10. The van der Waals surface area contributed by atoms with Gasteiger partial charge in [0.2, 0.25) is 0 Å². The van der Waals surface area contributed by atoms with Crippen LogP contribution in [0.15, 0.2) is 60.1 Å². The number of piperidine rings is 1. The highest BCUT2D eigenvalue weighted by molar-refractivity contribution is 6.14. The van der Waals surface area contributed by atoms with Crippen LogP contribution in [0.3, 0.4) is 0 Å². The average molecular weight is 319 g/mol. The summed E-state index contributed by atoms with van der Waals surface area (Å²) in [5, 5.41) is 0. The summed E-state index contributed by atoms with van der Waals surface area (Å²) in [6.07, 6.45) is 9.09. The molecule has 1 aliphatic rings. The standard InChI is InChI=1S/C20H21N3O/c1-15(2)23-13-17(10-16-6-5-8-21-12-16)20(24)18(14-23)11-19-7-3-4-9-22-19/h3-12,15H,13-14H2,1-2H3/b17-10+,18-11+. The molecular weight excluding hydrogens is 298 g/mol. The maximum Gasteiger partial charge on any atom is 0.187 e. The van der Waals surface area contributed by atoms with Gasteiger partial charge in [-0.3, -0.25) is 19.7 Å². The van der Waals surface area contributed by atoms with Crippen LogP contribution in [0.2, 0.25) is 0 Å². The van der Waals surface area contributed by atoms with Crippen molar-refractivity contribution in [2.45, 2.75) is 19.9 Å². The van der Waals surface area contributed by atoms with Crippen molar-refractivity contribution in [2.75, 3.05) is 13.1 Å². The summed E-state index contributed by atoms with van der Waals surface area (Å²) in [6, 6.07) is 9.92. The van der Waals surface area contributed by atoms with Crippen molar-refractivity contribution in [1.29, 1.82) is 0 Å². The SMILES string of the molecule is CC(C)N1C/C(=C\c2cccnc2)C(=O)/C(=C/c2ccccn2)C1. The van der Waals surface area contributed by atoms with Crippen LogP contribution in [0.4, 0.5) is 0 Å². The molecule has 1 fully saturated rings. The molecule has 3 rings (SSSR count). The van der Waals surface area contributed by atoms with E-state index in [0.29, 0.717) is 19.1 Å². The molecule has 0 unspecified atom stereocenters. The molecule has 2 aromatic rings. The molecule has 122 valence electrons. The Bertz CT molecular complexity index is 702. The summed E-state index contributed by atoms with van der Waals surface area (Å²) in [4.78, 5) is 23.6. The van der Waals surface area contributed by atoms with Crippen molar-refractivity contribution in [1.82, 2.24) is 14.9 Å². The summed E-state index contributed by atoms with van der Waals surface area (Å²) in [7, 11) is 0. The fraction of sp³-hybridized carbons (Fsp3) is 0.250. The van der Waals surface area contributed by atoms with Gasteiger partial charge in [0.25, 0.3) is 0 Å². The van der Waals surface area contributed by atoms with Gasteiger partial charge in [-0.25, -0.2) is 0 Å². The van der Waals surface area contributed by atoms with E-state index in [9.17, 15) is 4.79 Å². The fourth-order valence-corrected chi connectivity index (χ4v) is 2.73. The molecule has 0 amide bonds. The van der Waals surface area contributed by atoms with E-state index in [1.54, 1.807) is 18.6 Å². The molecule has 2 aromatic heterocycles. The molecule has 0 spiro atoms. The molecule has 0 bridgehead atoms. The van der Waals surface area contributed by atoms with Crippen LogP contribution in [0.5, 0.6) is 0 Å². The number of hydrogen-bond donors (Lipinski definition) is 0. The normalized spacial score (nSPS) is 19.4. The minimum Gasteiger partial charge on any atom is -0.292 e. The monoisotopic (exact) mass is 319 g/mol. The van der Waals surface area contributed by atoms with Crippen LogP contribution in [0.25, 0.3) is 12.2 Å². The second-order valence-electron chi connectivity index (χ2n) is 6.21. The van der Waals surface area contributed by atoms with E-state index < -0.39 is 0 Å². The largest absolute Gasteiger partial charge is 0.292 e. The molecular formula is C20H21N3O. The Kier molecular flexibility index (Phi) is 4.96. The highest BCUT2D eigenvalue weighted by atomic mass is 16.1. The van der Waals surface area contributed by atoms with Gasteiger partial charge in [0.05, 0.1) is 5.69 Å². The zero-order valence-corrected chi connectivity index (χ0v) is 14.0. The maximum absolute atomic E-state index is 12.9. The number of Topliss-reactive ketones (excluding diaryl/α,β-unsaturated/α-hetero) is 1. The summed E-state index contributed by atoms with van der Waals surface area (Å²) in [6.45, 7) is 5.61. The number of likely N-dealkylation sites (tertiary alicyclic amines) is 1. The third kappa shape index (κ3) is 3.84. The van der Waals surface area contributed by atoms with E-state index in [2.05, 4.69) is 28.7 Å². The summed E-state index contributed by atoms with van der Waals surface area (Å²) >= 11 is 0. The highest BCUT2D eigenvalue weighted by Gasteiger charge is 2.27. The Hall–Kier alpha value is -2.59. The molecule has 1 aliphatic heterocycles. The predicted octanol–water partition coefficient (Wildman–Crippen LogP) is 3.24. The van der Waals surface area contributed by atoms with Gasteiger partial charge in [0.1, 0.15) is 0 Å². The number of nitrogens with zero attached hydrogens (tertiary/aromatic N) is 3. The van der Waals surface area contributed by atoms with Gasteiger partial charge in [-0.1, -0.05) is 12.1 Å². The molecule has 0 radical (unpaired) electrons. The first-order chi connectivity index (χ1) is 11.6. The summed E-state index contributed by atoms with van der Waals surface area (Å²) in [5.74, 6) is 0.0985. The zero-order valence-electron chi connectivity index (χ0n) is 14.0. The quantitative estimate of drug-likeness (QED) is 0.815. The van der Waals surface area contributed by atoms with E-state index >= 15 is 0 Å². The van der Waals surface area contributed by atoms with Gasteiger partial charge in [0.15, 0.2) is 5.78 Å². The second-order valence-corrected chi connectivity index (χ2v) is 6.21. The number of carbonyl (C=O) groups excluding carboxylic acids is 1. The lowest BCUT2D eigenvalue weighted by Gasteiger charge is -2.32. The van der Waals surface area contributed by atoms with Gasteiger partial charge in [-0.05, 0) is 49.8 Å². The van der Waals surface area contributed by atoms with E-state index in [4.69, 9.17) is 0 Å². The number of carbonyl (C=O) groups is 1. The Labute approximate surface area is 142 Å². The molecule has 0 N–H and O–H groups in total. The molecule has 4 nitrogen and oxygen atoms in total. The number of pyridine rings is 2. The van der Waals surface area contributed by atoms with Gasteiger partial charge < -0.3 is 0 Å². The molecule has 0 atom stereocenters. The third-order valence-corrected chi connectivity index (χ3v) is 4.10. The van der Waals surface area contributed by atoms with E-state index in [0.717, 1.165) is 22.4 Å². The number of rotatable bonds is 3. The first-order valence-electron chi connectivity index (χ1n) is 8.14. The fourth-order valence-electron chi connectivity index (χ4n) is 2.73. The van der Waals surface area contributed by atoms with E-state index in [1.807, 2.05) is 42.5 Å². The minimum atomic E-state index is 0.0985. The van der Waals surface area contributed by atoms with E-state index in [1.165, 1.54) is 0 Å². The Morgan fingerprint density at radius 3 is 2.46 bits per heavy atom. The lowest BCUT2D eigenvalue weighted by atomic mass is 9.94. The number of hydrogen-bond acceptors (Lipinski definition) is 4. The minimum absolute atomic E-state index is 0.0985. The van der Waals surface area contributed by atoms with Crippen LogP contribution in [0, 0.1) is 0 Å². The highest BCUT2D eigenvalue weighted by Crippen LogP contribution is 2.22. The molecule has 0 saturated carbocycles. The van der Waals surface area contributed by atoms with Gasteiger partial charge in [0, 0.05) is 48.9 Å². The van der Waals surface area contributed by atoms with Crippen molar-refractivity contribution in [3.05, 3.63) is 71.3 Å². The molecule has 1 saturated heterocycles. The number of ketones is 1. The zero-order chi connectivity index (χ0) is 16.9. The number of aromatic nitrogens is 2. The summed E-state index contributed by atoms with van der Waals surface area (Å²) in [5.41, 5.74) is 3.34. The molecule has 3 heterocycles. The van der Waals surface area contributed by atoms with Crippen LogP contribution in [-0.4, -0.2) is 39.8 Å². The van der Waals surface area contributed by atoms with Gasteiger partial charge in [-0.2, -0.15) is 0 Å². The van der Waals surface area contributed by atoms with Gasteiger partial charge in [-0.15, -0.1) is 0 Å². The average Bonchev–Trinajstić information content (AvgIpc) is 2.60. The molecule has 24 heavy (non-hydrogen) atoms. The van der Waals surface area contributed by atoms with Crippen LogP contribution in [0.1, 0.15) is 25.1 Å². The molecule has 0 aliphatic carbocycles. The molecule has 4 heteroatoms. The topological polar surface area (TPSA) is 46.1 Å². The van der Waals surface area contributed by atoms with Crippen LogP contribution >= 0.6 is 0 Å². The Morgan fingerprint density at radius 2 is 1.83 bits per heavy atom. The first-order valence-corrected chi connectivity index (χ1v) is 8.14. The first kappa shape index (κ1) is 16.3. The van der Waals surface area contributed by atoms with Crippen molar-refractivity contribution < 1.29 is 4.79 Å². The second kappa shape index (κ2) is 7.32. The Balaban J connectivity index is 1.96. The molecule has 0 aromatic carbocycles. The summed E-state index contributed by atoms with van der Waals surface area (Å²) < 4.78 is 0.